The second kappa shape index (κ2) is 81.8. The number of allylic oxidation sites excluding steroid dienone is 4. The zero-order chi connectivity index (χ0) is 66.3. The van der Waals surface area contributed by atoms with Gasteiger partial charge in [0, 0.05) is 12.8 Å². The van der Waals surface area contributed by atoms with Gasteiger partial charge in [0.25, 0.3) is 0 Å². The fraction of sp³-hybridized carbons (Fsp3) is 0.930. The van der Waals surface area contributed by atoms with Gasteiger partial charge in [0.1, 0.15) is 0 Å². The van der Waals surface area contributed by atoms with Gasteiger partial charge in [-0.1, -0.05) is 443 Å². The van der Waals surface area contributed by atoms with E-state index in [0.29, 0.717) is 25.9 Å². The quantitative estimate of drug-likeness (QED) is 0.0320. The van der Waals surface area contributed by atoms with Crippen molar-refractivity contribution < 1.29 is 24.5 Å². The Labute approximate surface area is 577 Å². The number of ether oxygens (including phenoxy) is 1. The van der Waals surface area contributed by atoms with Crippen molar-refractivity contribution in [3.8, 4) is 0 Å². The molecular weight excluding hydrogens is 1130 g/mol. The number of nitrogens with one attached hydrogen (secondary N) is 1. The molecule has 0 saturated heterocycles. The number of aliphatic hydroxyl groups excluding tert-OH is 2. The highest BCUT2D eigenvalue weighted by molar-refractivity contribution is 5.76. The SMILES string of the molecule is CCCCC/C=C\C/C=C\CCCCCCCCCCCC(=O)OCCCCCCCCCCCCCCCCCCCCCCCCCCCCCCCCCC(=O)NC(CO)C(O)CCCCCCCCCCCCCCCCCCCCCCCCCCC. The molecule has 0 aromatic carbocycles. The number of unbranched alkanes of at least 4 members (excludes halogenated alkanes) is 66. The van der Waals surface area contributed by atoms with Crippen molar-refractivity contribution in [3.63, 3.8) is 0 Å². The summed E-state index contributed by atoms with van der Waals surface area (Å²) >= 11 is 0. The molecule has 3 N–H and O–H groups in total. The molecule has 0 aliphatic rings. The van der Waals surface area contributed by atoms with Crippen molar-refractivity contribution in [3.05, 3.63) is 24.3 Å². The fourth-order valence-corrected chi connectivity index (χ4v) is 13.8. The van der Waals surface area contributed by atoms with Gasteiger partial charge in [-0.05, 0) is 57.8 Å². The van der Waals surface area contributed by atoms with Crippen molar-refractivity contribution >= 4 is 11.9 Å². The zero-order valence-corrected chi connectivity index (χ0v) is 62.8. The third-order valence-electron chi connectivity index (χ3n) is 20.3. The smallest absolute Gasteiger partial charge is 0.305 e. The molecule has 0 fully saturated rings. The van der Waals surface area contributed by atoms with Crippen molar-refractivity contribution in [2.24, 2.45) is 0 Å². The lowest BCUT2D eigenvalue weighted by Gasteiger charge is -2.22. The minimum atomic E-state index is -0.663. The Morgan fingerprint density at radius 2 is 0.543 bits per heavy atom. The van der Waals surface area contributed by atoms with Crippen LogP contribution in [0.15, 0.2) is 24.3 Å². The number of carbonyl (C=O) groups excluding carboxylic acids is 2. The summed E-state index contributed by atoms with van der Waals surface area (Å²) in [6, 6.07) is -0.540. The molecule has 6 nitrogen and oxygen atoms in total. The first-order valence-corrected chi connectivity index (χ1v) is 42.6. The fourth-order valence-electron chi connectivity index (χ4n) is 13.8. The summed E-state index contributed by atoms with van der Waals surface area (Å²) < 4.78 is 5.52. The van der Waals surface area contributed by atoms with Crippen LogP contribution in [0.1, 0.15) is 489 Å². The molecule has 1 amide bonds. The molecule has 0 aromatic rings. The van der Waals surface area contributed by atoms with Gasteiger partial charge in [-0.2, -0.15) is 0 Å². The third-order valence-corrected chi connectivity index (χ3v) is 20.3. The summed E-state index contributed by atoms with van der Waals surface area (Å²) in [5.74, 6) is -0.00610. The third kappa shape index (κ3) is 77.3. The van der Waals surface area contributed by atoms with E-state index in [0.717, 1.165) is 51.4 Å². The summed E-state index contributed by atoms with van der Waals surface area (Å²) in [5, 5.41) is 23.5. The zero-order valence-electron chi connectivity index (χ0n) is 62.8. The molecule has 0 aliphatic heterocycles. The molecule has 0 aromatic heterocycles. The van der Waals surface area contributed by atoms with Crippen LogP contribution in [-0.2, 0) is 14.3 Å². The van der Waals surface area contributed by atoms with Crippen molar-refractivity contribution in [1.82, 2.24) is 5.32 Å². The van der Waals surface area contributed by atoms with Crippen molar-refractivity contribution in [2.75, 3.05) is 13.2 Å². The summed E-state index contributed by atoms with van der Waals surface area (Å²) in [7, 11) is 0. The molecule has 6 heteroatoms. The number of carbonyl (C=O) groups is 2. The first-order valence-electron chi connectivity index (χ1n) is 42.6. The maximum Gasteiger partial charge on any atom is 0.305 e. The summed E-state index contributed by atoms with van der Waals surface area (Å²) in [4.78, 5) is 24.7. The molecule has 0 radical (unpaired) electrons. The van der Waals surface area contributed by atoms with Gasteiger partial charge in [0.15, 0.2) is 0 Å². The monoisotopic (exact) mass is 1290 g/mol. The average molecular weight is 1300 g/mol. The highest BCUT2D eigenvalue weighted by atomic mass is 16.5. The summed E-state index contributed by atoms with van der Waals surface area (Å²) in [6.45, 7) is 4.99. The molecule has 2 atom stereocenters. The van der Waals surface area contributed by atoms with E-state index in [-0.39, 0.29) is 18.5 Å². The van der Waals surface area contributed by atoms with Crippen LogP contribution in [0.4, 0.5) is 0 Å². The molecule has 0 aliphatic carbocycles. The lowest BCUT2D eigenvalue weighted by atomic mass is 10.0. The Morgan fingerprint density at radius 3 is 0.848 bits per heavy atom. The summed E-state index contributed by atoms with van der Waals surface area (Å²) in [5.41, 5.74) is 0. The minimum absolute atomic E-state index is 0.0182. The lowest BCUT2D eigenvalue weighted by Crippen LogP contribution is -2.45. The topological polar surface area (TPSA) is 95.9 Å². The van der Waals surface area contributed by atoms with Crippen LogP contribution < -0.4 is 5.32 Å². The standard InChI is InChI=1S/C86H167NO5/c1-3-5-7-9-11-13-15-17-19-21-23-24-25-33-36-39-43-46-50-54-58-62-66-70-74-78-84(89)83(82-88)87-85(90)79-75-71-67-63-59-55-51-47-44-40-37-34-31-29-27-26-28-30-32-35-38-41-45-49-53-57-61-65-69-73-77-81-92-86(91)80-76-72-68-64-60-56-52-48-42-22-20-18-16-14-12-10-8-6-4-2/h12,14,18,20,83-84,88-89H,3-11,13,15-17,19,21-82H2,1-2H3,(H,87,90)/b14-12-,20-18-. The first-order chi connectivity index (χ1) is 45.5. The Morgan fingerprint density at radius 1 is 0.304 bits per heavy atom. The normalized spacial score (nSPS) is 12.5. The molecule has 92 heavy (non-hydrogen) atoms. The van der Waals surface area contributed by atoms with E-state index in [1.165, 1.54) is 405 Å². The maximum atomic E-state index is 12.6. The van der Waals surface area contributed by atoms with Crippen LogP contribution in [0.25, 0.3) is 0 Å². The van der Waals surface area contributed by atoms with Gasteiger partial charge in [0.2, 0.25) is 5.91 Å². The van der Waals surface area contributed by atoms with Crippen LogP contribution in [0.3, 0.4) is 0 Å². The molecule has 2 unspecified atom stereocenters. The second-order valence-electron chi connectivity index (χ2n) is 29.5. The number of rotatable bonds is 81. The van der Waals surface area contributed by atoms with Crippen LogP contribution in [0.2, 0.25) is 0 Å². The number of hydrogen-bond donors (Lipinski definition) is 3. The Hall–Kier alpha value is -1.66. The highest BCUT2D eigenvalue weighted by Gasteiger charge is 2.20. The average Bonchev–Trinajstić information content (AvgIpc) is 3.60. The minimum Gasteiger partial charge on any atom is -0.466 e. The Kier molecular flexibility index (Phi) is 80.3. The van der Waals surface area contributed by atoms with E-state index >= 15 is 0 Å². The highest BCUT2D eigenvalue weighted by Crippen LogP contribution is 2.21. The maximum absolute atomic E-state index is 12.6. The van der Waals surface area contributed by atoms with Gasteiger partial charge in [0.05, 0.1) is 25.4 Å². The van der Waals surface area contributed by atoms with Crippen LogP contribution >= 0.6 is 0 Å². The molecule has 0 heterocycles. The molecule has 0 saturated carbocycles. The van der Waals surface area contributed by atoms with Crippen LogP contribution in [0.5, 0.6) is 0 Å². The van der Waals surface area contributed by atoms with Crippen LogP contribution in [0, 0.1) is 0 Å². The van der Waals surface area contributed by atoms with E-state index in [2.05, 4.69) is 43.5 Å². The largest absolute Gasteiger partial charge is 0.466 e. The van der Waals surface area contributed by atoms with Gasteiger partial charge < -0.3 is 20.3 Å². The molecule has 546 valence electrons. The summed E-state index contributed by atoms with van der Waals surface area (Å²) in [6.07, 6.45) is 106. The first kappa shape index (κ1) is 90.3. The Bertz CT molecular complexity index is 1450. The second-order valence-corrected chi connectivity index (χ2v) is 29.5. The number of amides is 1. The predicted molar refractivity (Wildman–Crippen MR) is 407 cm³/mol. The number of hydrogen-bond acceptors (Lipinski definition) is 5. The number of aliphatic hydroxyl groups is 2. The van der Waals surface area contributed by atoms with E-state index in [1.54, 1.807) is 0 Å². The van der Waals surface area contributed by atoms with E-state index < -0.39 is 12.1 Å². The van der Waals surface area contributed by atoms with Crippen molar-refractivity contribution in [2.45, 2.75) is 501 Å². The van der Waals surface area contributed by atoms with E-state index in [1.807, 2.05) is 0 Å². The molecule has 0 rings (SSSR count). The van der Waals surface area contributed by atoms with Crippen LogP contribution in [-0.4, -0.2) is 47.4 Å². The lowest BCUT2D eigenvalue weighted by molar-refractivity contribution is -0.143. The van der Waals surface area contributed by atoms with Gasteiger partial charge in [-0.15, -0.1) is 0 Å². The van der Waals surface area contributed by atoms with Gasteiger partial charge in [-0.25, -0.2) is 0 Å². The Balaban J connectivity index is 3.33. The molecular formula is C86H167NO5. The molecule has 0 bridgehead atoms. The van der Waals surface area contributed by atoms with Gasteiger partial charge in [-0.3, -0.25) is 9.59 Å². The molecule has 0 spiro atoms. The van der Waals surface area contributed by atoms with Crippen molar-refractivity contribution in [1.29, 1.82) is 0 Å². The van der Waals surface area contributed by atoms with Gasteiger partial charge >= 0.3 is 5.97 Å². The van der Waals surface area contributed by atoms with E-state index in [9.17, 15) is 19.8 Å². The predicted octanol–water partition coefficient (Wildman–Crippen LogP) is 28.4. The number of esters is 1. The van der Waals surface area contributed by atoms with E-state index in [4.69, 9.17) is 4.74 Å².